The predicted octanol–water partition coefficient (Wildman–Crippen LogP) is 2.13. The number of nitrogens with one attached hydrogen (secondary N) is 1. The van der Waals surface area contributed by atoms with Crippen molar-refractivity contribution in [2.24, 2.45) is 0 Å². The van der Waals surface area contributed by atoms with Crippen molar-refractivity contribution in [2.45, 2.75) is 45.2 Å². The molecule has 1 atom stereocenters. The summed E-state index contributed by atoms with van der Waals surface area (Å²) in [6.45, 7) is 5.75. The molecule has 7 heteroatoms. The zero-order valence-electron chi connectivity index (χ0n) is 14.7. The van der Waals surface area contributed by atoms with Crippen LogP contribution >= 0.6 is 11.8 Å². The fourth-order valence-electron chi connectivity index (χ4n) is 2.57. The van der Waals surface area contributed by atoms with E-state index in [1.165, 1.54) is 12.1 Å². The fraction of sp³-hybridized carbons (Fsp3) is 0.500. The van der Waals surface area contributed by atoms with Crippen molar-refractivity contribution in [2.75, 3.05) is 11.6 Å². The summed E-state index contributed by atoms with van der Waals surface area (Å²) >= 11 is 1.58. The Kier molecular flexibility index (Phi) is 6.11. The lowest BCUT2D eigenvalue weighted by molar-refractivity contribution is -0.138. The first-order valence-electron chi connectivity index (χ1n) is 8.19. The van der Waals surface area contributed by atoms with Crippen molar-refractivity contribution in [1.82, 2.24) is 10.2 Å². The zero-order valence-corrected chi connectivity index (χ0v) is 15.6. The zero-order chi connectivity index (χ0) is 18.6. The van der Waals surface area contributed by atoms with Crippen LogP contribution in [0.2, 0.25) is 0 Å². The summed E-state index contributed by atoms with van der Waals surface area (Å²) < 4.78 is 0. The predicted molar refractivity (Wildman–Crippen MR) is 97.6 cm³/mol. The van der Waals surface area contributed by atoms with E-state index in [0.717, 1.165) is 5.56 Å². The highest BCUT2D eigenvalue weighted by Crippen LogP contribution is 2.23. The molecule has 136 valence electrons. The average molecular weight is 364 g/mol. The van der Waals surface area contributed by atoms with Crippen LogP contribution < -0.4 is 5.32 Å². The maximum absolute atomic E-state index is 12.5. The van der Waals surface area contributed by atoms with E-state index in [-0.39, 0.29) is 22.9 Å². The lowest BCUT2D eigenvalue weighted by Crippen LogP contribution is -2.52. The van der Waals surface area contributed by atoms with Gasteiger partial charge >= 0.3 is 5.97 Å². The highest BCUT2D eigenvalue weighted by molar-refractivity contribution is 7.99. The van der Waals surface area contributed by atoms with Crippen molar-refractivity contribution in [3.63, 3.8) is 0 Å². The second-order valence-corrected chi connectivity index (χ2v) is 8.12. The Morgan fingerprint density at radius 2 is 1.88 bits per heavy atom. The smallest absolute Gasteiger partial charge is 0.335 e. The van der Waals surface area contributed by atoms with Crippen LogP contribution in [0.1, 0.15) is 43.1 Å². The van der Waals surface area contributed by atoms with E-state index >= 15 is 0 Å². The second-order valence-electron chi connectivity index (χ2n) is 7.12. The number of carboxylic acids is 1. The molecule has 1 heterocycles. The molecule has 0 spiro atoms. The number of hydrogen-bond donors (Lipinski definition) is 2. The summed E-state index contributed by atoms with van der Waals surface area (Å²) in [5, 5.41) is 11.8. The lowest BCUT2D eigenvalue weighted by atomic mass is 10.1. The van der Waals surface area contributed by atoms with Gasteiger partial charge in [-0.15, -0.1) is 11.8 Å². The minimum Gasteiger partial charge on any atom is -0.478 e. The maximum Gasteiger partial charge on any atom is 0.335 e. The normalized spacial score (nSPS) is 17.4. The fourth-order valence-corrected chi connectivity index (χ4v) is 3.75. The number of carboxylic acid groups (broad SMARTS) is 1. The molecule has 0 radical (unpaired) electrons. The highest BCUT2D eigenvalue weighted by atomic mass is 32.2. The van der Waals surface area contributed by atoms with E-state index in [1.54, 1.807) is 28.8 Å². The molecule has 0 bridgehead atoms. The first-order valence-corrected chi connectivity index (χ1v) is 9.34. The Morgan fingerprint density at radius 1 is 1.24 bits per heavy atom. The number of thioether (sulfide) groups is 1. The Balaban J connectivity index is 1.93. The maximum atomic E-state index is 12.5. The minimum absolute atomic E-state index is 0.0543. The van der Waals surface area contributed by atoms with Crippen LogP contribution in [0.4, 0.5) is 0 Å². The summed E-state index contributed by atoms with van der Waals surface area (Å²) in [6, 6.07) is 6.09. The molecule has 25 heavy (non-hydrogen) atoms. The van der Waals surface area contributed by atoms with Gasteiger partial charge in [-0.05, 0) is 44.9 Å². The monoisotopic (exact) mass is 364 g/mol. The molecular formula is C18H24N2O4S. The number of amides is 2. The summed E-state index contributed by atoms with van der Waals surface area (Å²) in [7, 11) is 0. The molecule has 1 aliphatic heterocycles. The second kappa shape index (κ2) is 7.91. The van der Waals surface area contributed by atoms with E-state index in [9.17, 15) is 14.4 Å². The molecule has 0 aromatic heterocycles. The quantitative estimate of drug-likeness (QED) is 0.836. The SMILES string of the molecule is CC(C)(C)NC(=O)C1CSCN1C(=O)CCc1ccc(C(=O)O)cc1. The molecule has 2 N–H and O–H groups in total. The Labute approximate surface area is 152 Å². The molecule has 1 saturated heterocycles. The van der Waals surface area contributed by atoms with Crippen molar-refractivity contribution in [3.05, 3.63) is 35.4 Å². The van der Waals surface area contributed by atoms with Crippen molar-refractivity contribution in [3.8, 4) is 0 Å². The van der Waals surface area contributed by atoms with Gasteiger partial charge in [-0.3, -0.25) is 9.59 Å². The van der Waals surface area contributed by atoms with Crippen LogP contribution in [0.15, 0.2) is 24.3 Å². The number of nitrogens with zero attached hydrogens (tertiary/aromatic N) is 1. The number of rotatable bonds is 5. The van der Waals surface area contributed by atoms with Gasteiger partial charge in [-0.25, -0.2) is 4.79 Å². The van der Waals surface area contributed by atoms with Crippen LogP contribution in [0, 0.1) is 0 Å². The van der Waals surface area contributed by atoms with Gasteiger partial charge in [0, 0.05) is 17.7 Å². The molecule has 6 nitrogen and oxygen atoms in total. The van der Waals surface area contributed by atoms with Crippen molar-refractivity contribution in [1.29, 1.82) is 0 Å². The van der Waals surface area contributed by atoms with E-state index in [2.05, 4.69) is 5.32 Å². The molecular weight excluding hydrogens is 340 g/mol. The van der Waals surface area contributed by atoms with E-state index in [4.69, 9.17) is 5.11 Å². The molecule has 1 unspecified atom stereocenters. The van der Waals surface area contributed by atoms with E-state index < -0.39 is 12.0 Å². The third kappa shape index (κ3) is 5.49. The highest BCUT2D eigenvalue weighted by Gasteiger charge is 2.35. The number of hydrogen-bond acceptors (Lipinski definition) is 4. The Bertz CT molecular complexity index is 652. The van der Waals surface area contributed by atoms with Crippen LogP contribution in [0.25, 0.3) is 0 Å². The largest absolute Gasteiger partial charge is 0.478 e. The van der Waals surface area contributed by atoms with Crippen molar-refractivity contribution < 1.29 is 19.5 Å². The Hall–Kier alpha value is -2.02. The molecule has 1 aromatic carbocycles. The molecule has 0 saturated carbocycles. The summed E-state index contributed by atoms with van der Waals surface area (Å²) in [5.41, 5.74) is 0.802. The lowest BCUT2D eigenvalue weighted by Gasteiger charge is -2.27. The third-order valence-corrected chi connectivity index (χ3v) is 4.84. The minimum atomic E-state index is -0.968. The molecule has 2 rings (SSSR count). The van der Waals surface area contributed by atoms with E-state index in [1.807, 2.05) is 20.8 Å². The van der Waals surface area contributed by atoms with Crippen LogP contribution in [-0.2, 0) is 16.0 Å². The summed E-state index contributed by atoms with van der Waals surface area (Å²) in [4.78, 5) is 37.4. The van der Waals surface area contributed by atoms with Gasteiger partial charge in [0.1, 0.15) is 6.04 Å². The van der Waals surface area contributed by atoms with Crippen molar-refractivity contribution >= 4 is 29.5 Å². The van der Waals surface area contributed by atoms with Crippen LogP contribution in [0.3, 0.4) is 0 Å². The third-order valence-electron chi connectivity index (χ3n) is 3.83. The van der Waals surface area contributed by atoms with Gasteiger partial charge in [0.15, 0.2) is 0 Å². The summed E-state index contributed by atoms with van der Waals surface area (Å²) in [5.74, 6) is 0.00225. The number of carbonyl (C=O) groups excluding carboxylic acids is 2. The van der Waals surface area contributed by atoms with E-state index in [0.29, 0.717) is 24.5 Å². The number of aromatic carboxylic acids is 1. The first-order chi connectivity index (χ1) is 11.7. The molecule has 1 aromatic rings. The number of aryl methyl sites for hydroxylation is 1. The van der Waals surface area contributed by atoms with Gasteiger partial charge in [0.2, 0.25) is 11.8 Å². The summed E-state index contributed by atoms with van der Waals surface area (Å²) in [6.07, 6.45) is 0.819. The molecule has 1 aliphatic rings. The van der Waals surface area contributed by atoms with Gasteiger partial charge in [-0.1, -0.05) is 12.1 Å². The molecule has 1 fully saturated rings. The van der Waals surface area contributed by atoms with Gasteiger partial charge < -0.3 is 15.3 Å². The number of carbonyl (C=O) groups is 3. The van der Waals surface area contributed by atoms with Crippen LogP contribution in [-0.4, -0.2) is 51.0 Å². The topological polar surface area (TPSA) is 86.7 Å². The Morgan fingerprint density at radius 3 is 2.44 bits per heavy atom. The number of benzene rings is 1. The van der Waals surface area contributed by atoms with Crippen LogP contribution in [0.5, 0.6) is 0 Å². The molecule has 2 amide bonds. The van der Waals surface area contributed by atoms with Gasteiger partial charge in [0.05, 0.1) is 11.4 Å². The molecule has 0 aliphatic carbocycles. The first kappa shape index (κ1) is 19.3. The van der Waals surface area contributed by atoms with Gasteiger partial charge in [0.25, 0.3) is 0 Å². The standard InChI is InChI=1S/C18H24N2O4S/c1-18(2,3)19-16(22)14-10-25-11-20(14)15(21)9-6-12-4-7-13(8-5-12)17(23)24/h4-5,7-8,14H,6,9-11H2,1-3H3,(H,19,22)(H,23,24). The average Bonchev–Trinajstić information content (AvgIpc) is 3.01. The van der Waals surface area contributed by atoms with Gasteiger partial charge in [-0.2, -0.15) is 0 Å².